The van der Waals surface area contributed by atoms with Crippen LogP contribution in [-0.2, 0) is 20.9 Å². The maximum Gasteiger partial charge on any atom is 0.259 e. The minimum Gasteiger partial charge on any atom is -0.351 e. The summed E-state index contributed by atoms with van der Waals surface area (Å²) in [5.74, 6) is 0.0254. The van der Waals surface area contributed by atoms with Gasteiger partial charge in [-0.3, -0.25) is 24.5 Å². The molecule has 0 radical (unpaired) electrons. The van der Waals surface area contributed by atoms with Crippen LogP contribution < -0.4 is 10.6 Å². The highest BCUT2D eigenvalue weighted by Gasteiger charge is 2.42. The van der Waals surface area contributed by atoms with Gasteiger partial charge in [-0.15, -0.1) is 11.3 Å². The van der Waals surface area contributed by atoms with Crippen LogP contribution in [0.1, 0.15) is 22.6 Å². The smallest absolute Gasteiger partial charge is 0.259 e. The second kappa shape index (κ2) is 9.84. The molecule has 0 unspecified atom stereocenters. The molecule has 1 aromatic carbocycles. The van der Waals surface area contributed by atoms with E-state index in [9.17, 15) is 14.4 Å². The van der Waals surface area contributed by atoms with Crippen LogP contribution in [0, 0.1) is 6.92 Å². The van der Waals surface area contributed by atoms with Crippen molar-refractivity contribution >= 4 is 63.3 Å². The molecule has 5 rings (SSSR count). The van der Waals surface area contributed by atoms with Crippen molar-refractivity contribution in [3.63, 3.8) is 0 Å². The summed E-state index contributed by atoms with van der Waals surface area (Å²) in [6, 6.07) is 12.1. The number of thiophene rings is 1. The van der Waals surface area contributed by atoms with Gasteiger partial charge in [-0.1, -0.05) is 30.0 Å². The third-order valence-corrected chi connectivity index (χ3v) is 7.09. The average Bonchev–Trinajstić information content (AvgIpc) is 3.58. The van der Waals surface area contributed by atoms with E-state index in [1.807, 2.05) is 48.7 Å². The van der Waals surface area contributed by atoms with Gasteiger partial charge in [0, 0.05) is 22.2 Å². The summed E-state index contributed by atoms with van der Waals surface area (Å²) in [6.45, 7) is 2.25. The Morgan fingerprint density at radius 3 is 2.83 bits per heavy atom. The van der Waals surface area contributed by atoms with Crippen LogP contribution in [0.5, 0.6) is 0 Å². The minimum atomic E-state index is -0.855. The molecule has 1 atom stereocenters. The number of para-hydroxylation sites is 1. The molecular weight excluding hydrogens is 486 g/mol. The summed E-state index contributed by atoms with van der Waals surface area (Å²) in [5, 5.41) is 14.6. The van der Waals surface area contributed by atoms with E-state index in [1.165, 1.54) is 4.90 Å². The Balaban J connectivity index is 1.29. The zero-order valence-electron chi connectivity index (χ0n) is 18.6. The Kier molecular flexibility index (Phi) is 6.47. The first-order valence-corrected chi connectivity index (χ1v) is 12.7. The number of aromatic nitrogens is 2. The highest BCUT2D eigenvalue weighted by atomic mass is 32.2. The van der Waals surface area contributed by atoms with Crippen LogP contribution in [0.25, 0.3) is 0 Å². The maximum absolute atomic E-state index is 13.3. The fraction of sp³-hybridized carbons (Fsp3) is 0.217. The molecular formula is C23H21N7O3S2. The van der Waals surface area contributed by atoms with E-state index in [0.29, 0.717) is 34.6 Å². The predicted molar refractivity (Wildman–Crippen MR) is 136 cm³/mol. The number of aliphatic imine (C=N–C) groups is 2. The largest absolute Gasteiger partial charge is 0.351 e. The molecule has 10 nitrogen and oxygen atoms in total. The summed E-state index contributed by atoms with van der Waals surface area (Å²) >= 11 is 2.68. The van der Waals surface area contributed by atoms with Crippen molar-refractivity contribution in [1.82, 2.24) is 20.4 Å². The molecule has 4 heterocycles. The highest BCUT2D eigenvalue weighted by Crippen LogP contribution is 2.34. The van der Waals surface area contributed by atoms with Crippen LogP contribution >= 0.6 is 23.1 Å². The molecule has 0 bridgehead atoms. The number of benzene rings is 1. The number of nitrogens with one attached hydrogen (secondary N) is 3. The molecule has 35 heavy (non-hydrogen) atoms. The molecule has 0 aliphatic carbocycles. The van der Waals surface area contributed by atoms with Gasteiger partial charge in [-0.2, -0.15) is 5.10 Å². The Labute approximate surface area is 208 Å². The number of rotatable bonds is 7. The van der Waals surface area contributed by atoms with Crippen LogP contribution in [0.4, 0.5) is 11.5 Å². The number of amides is 3. The average molecular weight is 508 g/mol. The van der Waals surface area contributed by atoms with Gasteiger partial charge in [0.15, 0.2) is 11.0 Å². The number of nitrogens with zero attached hydrogens (tertiary/aromatic N) is 4. The lowest BCUT2D eigenvalue weighted by Crippen LogP contribution is -2.42. The maximum atomic E-state index is 13.3. The van der Waals surface area contributed by atoms with Crippen molar-refractivity contribution in [3.8, 4) is 0 Å². The number of anilines is 1. The first-order chi connectivity index (χ1) is 17.0. The second-order valence-electron chi connectivity index (χ2n) is 7.89. The van der Waals surface area contributed by atoms with Gasteiger partial charge in [0.2, 0.25) is 11.8 Å². The standard InChI is InChI=1S/C23H21N7O3S2/c1-13-9-18(29-28-13)27-20(32)12-35-23-26-16-7-3-2-6-15(16)21-25-17(22(33)30(21)23)10-19(31)24-11-14-5-4-8-34-14/h2-9,17H,10-12H2,1H3,(H,24,31)(H2,27,28,29,32)/t17-/m1/s1. The minimum absolute atomic E-state index is 0.0237. The topological polar surface area (TPSA) is 132 Å². The molecule has 3 N–H and O–H groups in total. The highest BCUT2D eigenvalue weighted by molar-refractivity contribution is 8.14. The first kappa shape index (κ1) is 23.0. The van der Waals surface area contributed by atoms with Crippen molar-refractivity contribution in [2.45, 2.75) is 25.9 Å². The van der Waals surface area contributed by atoms with E-state index in [2.05, 4.69) is 30.8 Å². The molecule has 3 aromatic rings. The second-order valence-corrected chi connectivity index (χ2v) is 9.86. The number of hydrogen-bond acceptors (Lipinski definition) is 8. The van der Waals surface area contributed by atoms with E-state index >= 15 is 0 Å². The van der Waals surface area contributed by atoms with Crippen molar-refractivity contribution in [2.75, 3.05) is 11.1 Å². The molecule has 3 amide bonds. The Morgan fingerprint density at radius 1 is 1.20 bits per heavy atom. The molecule has 0 spiro atoms. The normalized spacial score (nSPS) is 16.3. The van der Waals surface area contributed by atoms with Gasteiger partial charge in [0.1, 0.15) is 11.9 Å². The fourth-order valence-electron chi connectivity index (χ4n) is 3.67. The fourth-order valence-corrected chi connectivity index (χ4v) is 5.11. The summed E-state index contributed by atoms with van der Waals surface area (Å²) in [5.41, 5.74) is 2.20. The van der Waals surface area contributed by atoms with Crippen LogP contribution in [0.2, 0.25) is 0 Å². The lowest BCUT2D eigenvalue weighted by atomic mass is 10.1. The van der Waals surface area contributed by atoms with Gasteiger partial charge < -0.3 is 10.6 Å². The number of H-pyrrole nitrogens is 1. The number of aromatic amines is 1. The Morgan fingerprint density at radius 2 is 2.06 bits per heavy atom. The lowest BCUT2D eigenvalue weighted by molar-refractivity contribution is -0.128. The summed E-state index contributed by atoms with van der Waals surface area (Å²) in [4.78, 5) is 49.9. The van der Waals surface area contributed by atoms with Gasteiger partial charge in [-0.05, 0) is 30.5 Å². The first-order valence-electron chi connectivity index (χ1n) is 10.8. The van der Waals surface area contributed by atoms with Crippen molar-refractivity contribution in [1.29, 1.82) is 0 Å². The van der Waals surface area contributed by atoms with Gasteiger partial charge >= 0.3 is 0 Å². The van der Waals surface area contributed by atoms with E-state index in [0.717, 1.165) is 22.3 Å². The number of carbonyl (C=O) groups excluding carboxylic acids is 3. The lowest BCUT2D eigenvalue weighted by Gasteiger charge is -2.25. The molecule has 0 fully saturated rings. The van der Waals surface area contributed by atoms with E-state index in [-0.39, 0.29) is 29.9 Å². The number of thioether (sulfide) groups is 1. The number of carbonyl (C=O) groups is 3. The molecule has 0 saturated heterocycles. The summed E-state index contributed by atoms with van der Waals surface area (Å²) in [7, 11) is 0. The predicted octanol–water partition coefficient (Wildman–Crippen LogP) is 2.82. The molecule has 2 aliphatic heterocycles. The van der Waals surface area contributed by atoms with Crippen LogP contribution in [0.3, 0.4) is 0 Å². The Bertz CT molecular complexity index is 1350. The van der Waals surface area contributed by atoms with Gasteiger partial charge in [0.25, 0.3) is 5.91 Å². The summed E-state index contributed by atoms with van der Waals surface area (Å²) in [6.07, 6.45) is -0.0662. The monoisotopic (exact) mass is 507 g/mol. The van der Waals surface area contributed by atoms with Crippen molar-refractivity contribution in [2.24, 2.45) is 9.98 Å². The van der Waals surface area contributed by atoms with E-state index in [4.69, 9.17) is 0 Å². The quantitative estimate of drug-likeness (QED) is 0.452. The van der Waals surface area contributed by atoms with Crippen molar-refractivity contribution in [3.05, 3.63) is 64.0 Å². The molecule has 2 aliphatic rings. The zero-order chi connectivity index (χ0) is 24.4. The van der Waals surface area contributed by atoms with Crippen molar-refractivity contribution < 1.29 is 14.4 Å². The third kappa shape index (κ3) is 5.03. The number of aryl methyl sites for hydroxylation is 1. The Hall–Kier alpha value is -3.77. The number of amidine groups is 2. The molecule has 2 aromatic heterocycles. The van der Waals surface area contributed by atoms with E-state index < -0.39 is 6.04 Å². The number of fused-ring (bicyclic) bond motifs is 3. The SMILES string of the molecule is Cc1cc(NC(=O)CSC2=Nc3ccccc3C3=N[C@H](CC(=O)NCc4cccs4)C(=O)N23)n[nH]1. The molecule has 178 valence electrons. The molecule has 12 heteroatoms. The zero-order valence-corrected chi connectivity index (χ0v) is 20.3. The number of hydrogen-bond donors (Lipinski definition) is 3. The van der Waals surface area contributed by atoms with Crippen LogP contribution in [-0.4, -0.2) is 55.6 Å². The van der Waals surface area contributed by atoms with Gasteiger partial charge in [0.05, 0.1) is 24.4 Å². The van der Waals surface area contributed by atoms with Gasteiger partial charge in [-0.25, -0.2) is 9.89 Å². The van der Waals surface area contributed by atoms with Crippen LogP contribution in [0.15, 0.2) is 57.8 Å². The molecule has 0 saturated carbocycles. The van der Waals surface area contributed by atoms with E-state index in [1.54, 1.807) is 17.4 Å². The summed E-state index contributed by atoms with van der Waals surface area (Å²) < 4.78 is 0. The third-order valence-electron chi connectivity index (χ3n) is 5.27.